The van der Waals surface area contributed by atoms with Gasteiger partial charge >= 0.3 is 0 Å². The molecule has 0 amide bonds. The van der Waals surface area contributed by atoms with Gasteiger partial charge in [0.2, 0.25) is 0 Å². The Morgan fingerprint density at radius 2 is 1.90 bits per heavy atom. The van der Waals surface area contributed by atoms with Crippen molar-refractivity contribution in [1.29, 1.82) is 0 Å². The first-order valence-corrected chi connectivity index (χ1v) is 12.2. The van der Waals surface area contributed by atoms with Gasteiger partial charge in [0.1, 0.15) is 17.8 Å². The zero-order valence-electron chi connectivity index (χ0n) is 13.8. The molecule has 2 aliphatic heterocycles. The number of hydrogen-bond donors (Lipinski definition) is 0. The van der Waals surface area contributed by atoms with Crippen molar-refractivity contribution in [2.45, 2.75) is 75.7 Å². The summed E-state index contributed by atoms with van der Waals surface area (Å²) in [6, 6.07) is 3.46. The maximum absolute atomic E-state index is 6.76. The lowest BCUT2D eigenvalue weighted by molar-refractivity contribution is -0.162. The van der Waals surface area contributed by atoms with E-state index in [-0.39, 0.29) is 23.4 Å². The SMILES string of the molecule is C=C[C@H]1O[C@](C)(CI)C[C@@]2(CO2)[C@@H]1O[Si](CC)(CC)CC. The fourth-order valence-electron chi connectivity index (χ4n) is 3.52. The minimum absolute atomic E-state index is 0.0255. The lowest BCUT2D eigenvalue weighted by Gasteiger charge is -2.47. The van der Waals surface area contributed by atoms with Gasteiger partial charge in [-0.3, -0.25) is 0 Å². The molecule has 0 aromatic heterocycles. The quantitative estimate of drug-likeness (QED) is 0.201. The molecule has 5 heteroatoms. The molecule has 122 valence electrons. The molecule has 0 aromatic rings. The van der Waals surface area contributed by atoms with Crippen LogP contribution in [-0.4, -0.2) is 42.8 Å². The van der Waals surface area contributed by atoms with Crippen molar-refractivity contribution in [1.82, 2.24) is 0 Å². The lowest BCUT2D eigenvalue weighted by Crippen LogP contribution is -2.59. The predicted molar refractivity (Wildman–Crippen MR) is 97.7 cm³/mol. The predicted octanol–water partition coefficient (Wildman–Crippen LogP) is 4.31. The first-order valence-electron chi connectivity index (χ1n) is 8.10. The molecule has 2 saturated heterocycles. The zero-order valence-corrected chi connectivity index (χ0v) is 16.9. The van der Waals surface area contributed by atoms with Gasteiger partial charge in [-0.15, -0.1) is 6.58 Å². The normalized spacial score (nSPS) is 39.5. The molecule has 0 unspecified atom stereocenters. The number of rotatable bonds is 7. The zero-order chi connectivity index (χ0) is 15.7. The van der Waals surface area contributed by atoms with E-state index in [1.165, 1.54) is 0 Å². The summed E-state index contributed by atoms with van der Waals surface area (Å²) in [4.78, 5) is 0. The van der Waals surface area contributed by atoms with E-state index in [1.54, 1.807) is 0 Å². The number of epoxide rings is 1. The minimum atomic E-state index is -1.68. The third-order valence-electron chi connectivity index (χ3n) is 5.25. The first-order chi connectivity index (χ1) is 9.92. The molecule has 1 spiro atoms. The Morgan fingerprint density at radius 3 is 2.29 bits per heavy atom. The van der Waals surface area contributed by atoms with Crippen molar-refractivity contribution >= 4 is 30.9 Å². The second-order valence-corrected chi connectivity index (χ2v) is 12.2. The lowest BCUT2D eigenvalue weighted by atomic mass is 9.83. The second-order valence-electron chi connectivity index (χ2n) is 6.71. The largest absolute Gasteiger partial charge is 0.408 e. The highest BCUT2D eigenvalue weighted by Crippen LogP contribution is 2.49. The molecule has 2 fully saturated rings. The third-order valence-corrected chi connectivity index (χ3v) is 11.5. The van der Waals surface area contributed by atoms with Crippen LogP contribution in [0, 0.1) is 0 Å². The Kier molecular flexibility index (Phi) is 5.62. The molecule has 3 nitrogen and oxygen atoms in total. The molecular weight excluding hydrogens is 395 g/mol. The molecule has 4 atom stereocenters. The van der Waals surface area contributed by atoms with Crippen molar-refractivity contribution < 1.29 is 13.9 Å². The Labute approximate surface area is 144 Å². The molecule has 0 radical (unpaired) electrons. The van der Waals surface area contributed by atoms with E-state index in [0.29, 0.717) is 0 Å². The van der Waals surface area contributed by atoms with Crippen LogP contribution in [0.25, 0.3) is 0 Å². The highest BCUT2D eigenvalue weighted by molar-refractivity contribution is 14.1. The van der Waals surface area contributed by atoms with Crippen LogP contribution in [0.4, 0.5) is 0 Å². The molecule has 2 rings (SSSR count). The molecule has 0 saturated carbocycles. The van der Waals surface area contributed by atoms with E-state index in [1.807, 2.05) is 6.08 Å². The summed E-state index contributed by atoms with van der Waals surface area (Å²) in [5.41, 5.74) is -0.264. The van der Waals surface area contributed by atoms with Gasteiger partial charge in [-0.25, -0.2) is 0 Å². The molecule has 0 bridgehead atoms. The topological polar surface area (TPSA) is 31.0 Å². The average Bonchev–Trinajstić information content (AvgIpc) is 3.26. The Balaban J connectivity index is 2.23. The number of alkyl halides is 1. The van der Waals surface area contributed by atoms with Crippen molar-refractivity contribution in [2.75, 3.05) is 11.0 Å². The average molecular weight is 424 g/mol. The van der Waals surface area contributed by atoms with Crippen LogP contribution < -0.4 is 0 Å². The van der Waals surface area contributed by atoms with Gasteiger partial charge in [-0.1, -0.05) is 49.4 Å². The van der Waals surface area contributed by atoms with Crippen LogP contribution >= 0.6 is 22.6 Å². The molecule has 0 aliphatic carbocycles. The van der Waals surface area contributed by atoms with Crippen molar-refractivity contribution in [2.24, 2.45) is 0 Å². The summed E-state index contributed by atoms with van der Waals surface area (Å²) in [6.45, 7) is 13.8. The summed E-state index contributed by atoms with van der Waals surface area (Å²) in [5, 5.41) is 0. The van der Waals surface area contributed by atoms with E-state index in [9.17, 15) is 0 Å². The molecule has 2 heterocycles. The van der Waals surface area contributed by atoms with Gasteiger partial charge in [-0.05, 0) is 25.1 Å². The van der Waals surface area contributed by atoms with Gasteiger partial charge in [0.15, 0.2) is 8.32 Å². The van der Waals surface area contributed by atoms with Gasteiger partial charge in [-0.2, -0.15) is 0 Å². The van der Waals surface area contributed by atoms with Crippen LogP contribution in [0.3, 0.4) is 0 Å². The van der Waals surface area contributed by atoms with E-state index < -0.39 is 8.32 Å². The van der Waals surface area contributed by atoms with Crippen molar-refractivity contribution in [3.05, 3.63) is 12.7 Å². The summed E-state index contributed by atoms with van der Waals surface area (Å²) in [7, 11) is -1.68. The van der Waals surface area contributed by atoms with Gasteiger partial charge in [0.25, 0.3) is 0 Å². The van der Waals surface area contributed by atoms with E-state index >= 15 is 0 Å². The van der Waals surface area contributed by atoms with Crippen LogP contribution in [0.1, 0.15) is 34.1 Å². The molecule has 21 heavy (non-hydrogen) atoms. The Bertz CT molecular complexity index is 373. The van der Waals surface area contributed by atoms with E-state index in [0.717, 1.165) is 35.6 Å². The number of ether oxygens (including phenoxy) is 2. The monoisotopic (exact) mass is 424 g/mol. The van der Waals surface area contributed by atoms with Gasteiger partial charge in [0.05, 0.1) is 12.2 Å². The highest BCUT2D eigenvalue weighted by Gasteiger charge is 2.63. The van der Waals surface area contributed by atoms with E-state index in [4.69, 9.17) is 13.9 Å². The summed E-state index contributed by atoms with van der Waals surface area (Å²) < 4.78 is 20.0. The molecule has 0 aromatic carbocycles. The minimum Gasteiger partial charge on any atom is -0.408 e. The Morgan fingerprint density at radius 1 is 1.33 bits per heavy atom. The first kappa shape index (κ1) is 17.9. The summed E-state index contributed by atoms with van der Waals surface area (Å²) in [6.07, 6.45) is 2.81. The molecular formula is C16H29IO3Si. The van der Waals surface area contributed by atoms with E-state index in [2.05, 4.69) is 56.9 Å². The van der Waals surface area contributed by atoms with Crippen LogP contribution in [0.15, 0.2) is 12.7 Å². The van der Waals surface area contributed by atoms with Crippen LogP contribution in [0.2, 0.25) is 18.1 Å². The number of hydrogen-bond acceptors (Lipinski definition) is 3. The summed E-state index contributed by atoms with van der Waals surface area (Å²) >= 11 is 2.40. The molecule has 0 N–H and O–H groups in total. The maximum atomic E-state index is 6.76. The fraction of sp³-hybridized carbons (Fsp3) is 0.875. The smallest absolute Gasteiger partial charge is 0.192 e. The molecule has 2 aliphatic rings. The van der Waals surface area contributed by atoms with Crippen molar-refractivity contribution in [3.63, 3.8) is 0 Å². The standard InChI is InChI=1S/C16H29IO3Si/c1-6-13-14(20-21(7-2,8-3)9-4)16(12-18-16)10-15(5,11-17)19-13/h6,13-14H,1,7-12H2,2-5H3/t13-,14-,15+,16-/m1/s1. The summed E-state index contributed by atoms with van der Waals surface area (Å²) in [5.74, 6) is 0. The Hall–Kier alpha value is 0.567. The fourth-order valence-corrected chi connectivity index (χ4v) is 6.86. The van der Waals surface area contributed by atoms with Crippen LogP contribution in [0.5, 0.6) is 0 Å². The maximum Gasteiger partial charge on any atom is 0.192 e. The second kappa shape index (κ2) is 6.59. The van der Waals surface area contributed by atoms with Gasteiger partial charge < -0.3 is 13.9 Å². The third kappa shape index (κ3) is 3.41. The van der Waals surface area contributed by atoms with Crippen LogP contribution in [-0.2, 0) is 13.9 Å². The number of halogens is 1. The highest BCUT2D eigenvalue weighted by atomic mass is 127. The van der Waals surface area contributed by atoms with Crippen molar-refractivity contribution in [3.8, 4) is 0 Å². The van der Waals surface area contributed by atoms with Gasteiger partial charge in [0, 0.05) is 10.8 Å².